The SMILES string of the molecule is CNC1CC2(CCCCCC2)Oc2cc(F)ccc21. The minimum atomic E-state index is -0.209. The number of ether oxygens (including phenoxy) is 1. The molecule has 3 rings (SSSR count). The Morgan fingerprint density at radius 3 is 2.63 bits per heavy atom. The fourth-order valence-electron chi connectivity index (χ4n) is 3.58. The van der Waals surface area contributed by atoms with E-state index in [1.54, 1.807) is 6.07 Å². The maximum atomic E-state index is 13.5. The first kappa shape index (κ1) is 12.9. The Morgan fingerprint density at radius 1 is 1.21 bits per heavy atom. The van der Waals surface area contributed by atoms with Crippen molar-refractivity contribution in [2.75, 3.05) is 7.05 Å². The van der Waals surface area contributed by atoms with Crippen molar-refractivity contribution in [1.29, 1.82) is 0 Å². The van der Waals surface area contributed by atoms with E-state index in [-0.39, 0.29) is 17.5 Å². The van der Waals surface area contributed by atoms with Crippen LogP contribution < -0.4 is 10.1 Å². The lowest BCUT2D eigenvalue weighted by Crippen LogP contribution is -2.43. The van der Waals surface area contributed by atoms with Crippen LogP contribution in [0.15, 0.2) is 18.2 Å². The Morgan fingerprint density at radius 2 is 1.95 bits per heavy atom. The summed E-state index contributed by atoms with van der Waals surface area (Å²) in [5.41, 5.74) is 1.02. The van der Waals surface area contributed by atoms with Gasteiger partial charge in [0.15, 0.2) is 0 Å². The summed E-state index contributed by atoms with van der Waals surface area (Å²) in [5.74, 6) is 0.534. The van der Waals surface area contributed by atoms with Crippen molar-refractivity contribution in [3.63, 3.8) is 0 Å². The van der Waals surface area contributed by atoms with Gasteiger partial charge < -0.3 is 10.1 Å². The molecule has 3 heteroatoms. The average molecular weight is 263 g/mol. The first-order valence-corrected chi connectivity index (χ1v) is 7.38. The third-order valence-corrected chi connectivity index (χ3v) is 4.62. The van der Waals surface area contributed by atoms with Crippen molar-refractivity contribution < 1.29 is 9.13 Å². The predicted octanol–water partition coefficient (Wildman–Crippen LogP) is 3.96. The van der Waals surface area contributed by atoms with Gasteiger partial charge in [0.2, 0.25) is 0 Å². The second-order valence-corrected chi connectivity index (χ2v) is 5.93. The van der Waals surface area contributed by atoms with Crippen LogP contribution in [0.2, 0.25) is 0 Å². The Hall–Kier alpha value is -1.09. The van der Waals surface area contributed by atoms with Gasteiger partial charge >= 0.3 is 0 Å². The van der Waals surface area contributed by atoms with Crippen LogP contribution in [0.25, 0.3) is 0 Å². The average Bonchev–Trinajstić information content (AvgIpc) is 2.63. The molecule has 1 heterocycles. The topological polar surface area (TPSA) is 21.3 Å². The van der Waals surface area contributed by atoms with Crippen LogP contribution in [0, 0.1) is 5.82 Å². The molecule has 1 aromatic rings. The zero-order valence-corrected chi connectivity index (χ0v) is 11.5. The molecule has 0 radical (unpaired) electrons. The van der Waals surface area contributed by atoms with Gasteiger partial charge in [-0.25, -0.2) is 4.39 Å². The van der Waals surface area contributed by atoms with E-state index >= 15 is 0 Å². The van der Waals surface area contributed by atoms with Gasteiger partial charge in [0.25, 0.3) is 0 Å². The van der Waals surface area contributed by atoms with Crippen molar-refractivity contribution in [2.45, 2.75) is 56.6 Å². The quantitative estimate of drug-likeness (QED) is 0.828. The molecule has 1 aliphatic heterocycles. The molecule has 1 saturated carbocycles. The zero-order chi connectivity index (χ0) is 13.3. The minimum absolute atomic E-state index is 0.0784. The van der Waals surface area contributed by atoms with Gasteiger partial charge in [0.05, 0.1) is 0 Å². The Balaban J connectivity index is 1.95. The Labute approximate surface area is 114 Å². The van der Waals surface area contributed by atoms with Gasteiger partial charge in [-0.05, 0) is 38.8 Å². The summed E-state index contributed by atoms with van der Waals surface area (Å²) in [6.07, 6.45) is 8.24. The second-order valence-electron chi connectivity index (χ2n) is 5.93. The summed E-state index contributed by atoms with van der Waals surface area (Å²) in [4.78, 5) is 0. The molecule has 104 valence electrons. The highest BCUT2D eigenvalue weighted by molar-refractivity contribution is 5.39. The molecule has 1 fully saturated rings. The fraction of sp³-hybridized carbons (Fsp3) is 0.625. The minimum Gasteiger partial charge on any atom is -0.487 e. The molecule has 1 N–H and O–H groups in total. The molecule has 0 amide bonds. The standard InChI is InChI=1S/C16H22FNO/c1-18-14-11-16(8-4-2-3-5-9-16)19-15-10-12(17)6-7-13(14)15/h6-7,10,14,18H,2-5,8-9,11H2,1H3. The third kappa shape index (κ3) is 2.48. The summed E-state index contributed by atoms with van der Waals surface area (Å²) in [7, 11) is 1.98. The smallest absolute Gasteiger partial charge is 0.127 e. The number of hydrogen-bond donors (Lipinski definition) is 1. The third-order valence-electron chi connectivity index (χ3n) is 4.62. The molecule has 1 aliphatic carbocycles. The van der Waals surface area contributed by atoms with Gasteiger partial charge in [-0.3, -0.25) is 0 Å². The molecule has 0 aromatic heterocycles. The van der Waals surface area contributed by atoms with E-state index in [1.165, 1.54) is 31.7 Å². The van der Waals surface area contributed by atoms with Crippen molar-refractivity contribution >= 4 is 0 Å². The number of halogens is 1. The van der Waals surface area contributed by atoms with Gasteiger partial charge in [-0.15, -0.1) is 0 Å². The van der Waals surface area contributed by atoms with Crippen LogP contribution in [0.4, 0.5) is 4.39 Å². The molecule has 1 spiro atoms. The van der Waals surface area contributed by atoms with Gasteiger partial charge in [-0.2, -0.15) is 0 Å². The fourth-order valence-corrected chi connectivity index (χ4v) is 3.58. The van der Waals surface area contributed by atoms with Crippen molar-refractivity contribution in [3.8, 4) is 5.75 Å². The van der Waals surface area contributed by atoms with E-state index in [4.69, 9.17) is 4.74 Å². The molecule has 1 atom stereocenters. The molecule has 1 unspecified atom stereocenters. The molecule has 19 heavy (non-hydrogen) atoms. The van der Waals surface area contributed by atoms with E-state index < -0.39 is 0 Å². The Kier molecular flexibility index (Phi) is 3.48. The monoisotopic (exact) mass is 263 g/mol. The lowest BCUT2D eigenvalue weighted by Gasteiger charge is -2.42. The van der Waals surface area contributed by atoms with Crippen LogP contribution in [0.3, 0.4) is 0 Å². The van der Waals surface area contributed by atoms with Gasteiger partial charge in [0.1, 0.15) is 17.2 Å². The van der Waals surface area contributed by atoms with Gasteiger partial charge in [-0.1, -0.05) is 18.9 Å². The molecular formula is C16H22FNO. The van der Waals surface area contributed by atoms with E-state index in [0.29, 0.717) is 0 Å². The normalized spacial score (nSPS) is 25.5. The van der Waals surface area contributed by atoms with Crippen molar-refractivity contribution in [2.24, 2.45) is 0 Å². The van der Waals surface area contributed by atoms with Crippen LogP contribution in [-0.4, -0.2) is 12.6 Å². The summed E-state index contributed by atoms with van der Waals surface area (Å²) in [6, 6.07) is 5.21. The highest BCUT2D eigenvalue weighted by atomic mass is 19.1. The molecule has 2 nitrogen and oxygen atoms in total. The van der Waals surface area contributed by atoms with E-state index in [0.717, 1.165) is 30.6 Å². The summed E-state index contributed by atoms with van der Waals surface area (Å²) in [6.45, 7) is 0. The zero-order valence-electron chi connectivity index (χ0n) is 11.5. The predicted molar refractivity (Wildman–Crippen MR) is 73.9 cm³/mol. The first-order chi connectivity index (χ1) is 9.22. The number of rotatable bonds is 1. The van der Waals surface area contributed by atoms with E-state index in [2.05, 4.69) is 5.32 Å². The maximum Gasteiger partial charge on any atom is 0.127 e. The number of benzene rings is 1. The van der Waals surface area contributed by atoms with E-state index in [1.807, 2.05) is 13.1 Å². The largest absolute Gasteiger partial charge is 0.487 e. The lowest BCUT2D eigenvalue weighted by molar-refractivity contribution is 0.0168. The number of hydrogen-bond acceptors (Lipinski definition) is 2. The summed E-state index contributed by atoms with van der Waals surface area (Å²) < 4.78 is 19.7. The lowest BCUT2D eigenvalue weighted by atomic mass is 9.82. The summed E-state index contributed by atoms with van der Waals surface area (Å²) in [5, 5.41) is 3.37. The maximum absolute atomic E-state index is 13.5. The highest BCUT2D eigenvalue weighted by Gasteiger charge is 2.40. The molecule has 2 aliphatic rings. The number of fused-ring (bicyclic) bond motifs is 1. The highest BCUT2D eigenvalue weighted by Crippen LogP contribution is 2.45. The number of nitrogens with one attached hydrogen (secondary N) is 1. The molecule has 0 bridgehead atoms. The first-order valence-electron chi connectivity index (χ1n) is 7.38. The Bertz CT molecular complexity index is 452. The molecular weight excluding hydrogens is 241 g/mol. The molecule has 1 aromatic carbocycles. The van der Waals surface area contributed by atoms with Crippen LogP contribution in [-0.2, 0) is 0 Å². The van der Waals surface area contributed by atoms with Crippen LogP contribution in [0.5, 0.6) is 5.75 Å². The van der Waals surface area contributed by atoms with Gasteiger partial charge in [0, 0.05) is 24.1 Å². The van der Waals surface area contributed by atoms with Crippen molar-refractivity contribution in [3.05, 3.63) is 29.6 Å². The van der Waals surface area contributed by atoms with Crippen LogP contribution in [0.1, 0.15) is 56.6 Å². The van der Waals surface area contributed by atoms with E-state index in [9.17, 15) is 4.39 Å². The second kappa shape index (κ2) is 5.12. The van der Waals surface area contributed by atoms with Crippen molar-refractivity contribution in [1.82, 2.24) is 5.32 Å². The van der Waals surface area contributed by atoms with Crippen LogP contribution >= 0.6 is 0 Å². The molecule has 0 saturated heterocycles. The summed E-state index contributed by atoms with van der Waals surface area (Å²) >= 11 is 0.